The summed E-state index contributed by atoms with van der Waals surface area (Å²) in [4.78, 5) is 52.1. The van der Waals surface area contributed by atoms with Crippen LogP contribution in [-0.4, -0.2) is 46.0 Å². The Morgan fingerprint density at radius 3 is 2.52 bits per heavy atom. The molecule has 8 nitrogen and oxygen atoms in total. The third kappa shape index (κ3) is 4.12. The van der Waals surface area contributed by atoms with E-state index in [4.69, 9.17) is 16.6 Å². The third-order valence-corrected chi connectivity index (χ3v) is 5.89. The highest BCUT2D eigenvalue weighted by atomic mass is 16.4. The molecule has 8 heteroatoms. The van der Waals surface area contributed by atoms with Crippen LogP contribution in [0.25, 0.3) is 10.9 Å². The van der Waals surface area contributed by atoms with Crippen LogP contribution in [0.1, 0.15) is 28.9 Å². The van der Waals surface area contributed by atoms with Crippen molar-refractivity contribution in [3.63, 3.8) is 0 Å². The van der Waals surface area contributed by atoms with Crippen LogP contribution in [0, 0.1) is 18.3 Å². The van der Waals surface area contributed by atoms with E-state index in [2.05, 4.69) is 4.98 Å². The largest absolute Gasteiger partial charge is 0.480 e. The molecule has 4 unspecified atom stereocenters. The molecule has 4 atom stereocenters. The highest BCUT2D eigenvalue weighted by Gasteiger charge is 2.43. The van der Waals surface area contributed by atoms with E-state index >= 15 is 0 Å². The molecule has 0 fully saturated rings. The van der Waals surface area contributed by atoms with Crippen molar-refractivity contribution >= 4 is 34.7 Å². The van der Waals surface area contributed by atoms with E-state index in [1.54, 1.807) is 18.2 Å². The Labute approximate surface area is 179 Å². The van der Waals surface area contributed by atoms with Crippen molar-refractivity contribution in [3.8, 4) is 0 Å². The highest BCUT2D eigenvalue weighted by molar-refractivity contribution is 6.07. The lowest BCUT2D eigenvalue weighted by molar-refractivity contribution is -0.144. The van der Waals surface area contributed by atoms with Crippen molar-refractivity contribution in [1.82, 2.24) is 4.98 Å². The molecular formula is C23H25N3O5. The molecule has 0 saturated carbocycles. The lowest BCUT2D eigenvalue weighted by atomic mass is 9.70. The predicted molar refractivity (Wildman–Crippen MR) is 115 cm³/mol. The van der Waals surface area contributed by atoms with E-state index in [-0.39, 0.29) is 18.5 Å². The zero-order chi connectivity index (χ0) is 22.8. The number of hydrogen-bond donors (Lipinski definition) is 4. The fourth-order valence-corrected chi connectivity index (χ4v) is 4.06. The first-order valence-electron chi connectivity index (χ1n) is 9.91. The Morgan fingerprint density at radius 2 is 1.94 bits per heavy atom. The van der Waals surface area contributed by atoms with Gasteiger partial charge in [-0.05, 0) is 31.4 Å². The number of benzene rings is 1. The SMILES string of the molecule is Cc1c(C(=O)C2(CC(N)C(=O)C(C=O)C(N)C(=O)O)C=CC=CC2)[nH]c2ccccc12. The number of nitrogens with two attached hydrogens (primary N) is 2. The number of carboxylic acids is 1. The molecule has 1 heterocycles. The Hall–Kier alpha value is -3.36. The molecule has 1 aromatic carbocycles. The topological polar surface area (TPSA) is 156 Å². The maximum atomic E-state index is 13.7. The van der Waals surface area contributed by atoms with Gasteiger partial charge in [0.2, 0.25) is 0 Å². The number of aromatic nitrogens is 1. The first-order chi connectivity index (χ1) is 14.7. The number of allylic oxidation sites excluding steroid dienone is 4. The van der Waals surface area contributed by atoms with Crippen LogP contribution in [-0.2, 0) is 14.4 Å². The molecule has 0 radical (unpaired) electrons. The molecule has 0 bridgehead atoms. The maximum Gasteiger partial charge on any atom is 0.321 e. The number of carboxylic acid groups (broad SMARTS) is 1. The second-order valence-corrected chi connectivity index (χ2v) is 7.89. The molecule has 162 valence electrons. The number of nitrogens with one attached hydrogen (secondary N) is 1. The van der Waals surface area contributed by atoms with Crippen LogP contribution < -0.4 is 11.5 Å². The summed E-state index contributed by atoms with van der Waals surface area (Å²) in [6, 6.07) is 4.60. The number of carbonyl (C=O) groups excluding carboxylic acids is 3. The molecule has 0 saturated heterocycles. The molecule has 31 heavy (non-hydrogen) atoms. The molecular weight excluding hydrogens is 398 g/mol. The van der Waals surface area contributed by atoms with E-state index in [1.165, 1.54) is 0 Å². The van der Waals surface area contributed by atoms with E-state index in [0.717, 1.165) is 16.5 Å². The minimum Gasteiger partial charge on any atom is -0.480 e. The zero-order valence-corrected chi connectivity index (χ0v) is 17.1. The monoisotopic (exact) mass is 423 g/mol. The van der Waals surface area contributed by atoms with Gasteiger partial charge in [0.25, 0.3) is 0 Å². The number of para-hydroxylation sites is 1. The summed E-state index contributed by atoms with van der Waals surface area (Å²) in [7, 11) is 0. The number of aldehydes is 1. The molecule has 6 N–H and O–H groups in total. The van der Waals surface area contributed by atoms with Crippen LogP contribution in [0.2, 0.25) is 0 Å². The van der Waals surface area contributed by atoms with Crippen molar-refractivity contribution in [3.05, 3.63) is 59.8 Å². The van der Waals surface area contributed by atoms with Gasteiger partial charge in [0.1, 0.15) is 18.2 Å². The summed E-state index contributed by atoms with van der Waals surface area (Å²) in [5, 5.41) is 9.99. The Kier molecular flexibility index (Phi) is 6.33. The highest BCUT2D eigenvalue weighted by Crippen LogP contribution is 2.38. The minimum absolute atomic E-state index is 0.0863. The number of hydrogen-bond acceptors (Lipinski definition) is 6. The van der Waals surface area contributed by atoms with Gasteiger partial charge < -0.3 is 26.4 Å². The van der Waals surface area contributed by atoms with E-state index in [9.17, 15) is 19.2 Å². The average molecular weight is 423 g/mol. The van der Waals surface area contributed by atoms with Gasteiger partial charge in [0.05, 0.1) is 17.2 Å². The molecule has 0 aliphatic heterocycles. The third-order valence-electron chi connectivity index (χ3n) is 5.89. The van der Waals surface area contributed by atoms with Gasteiger partial charge in [0, 0.05) is 10.9 Å². The maximum absolute atomic E-state index is 13.7. The van der Waals surface area contributed by atoms with Gasteiger partial charge in [-0.3, -0.25) is 14.4 Å². The summed E-state index contributed by atoms with van der Waals surface area (Å²) < 4.78 is 0. The van der Waals surface area contributed by atoms with Crippen molar-refractivity contribution in [2.24, 2.45) is 22.8 Å². The summed E-state index contributed by atoms with van der Waals surface area (Å²) in [6.07, 6.45) is 7.47. The smallest absolute Gasteiger partial charge is 0.321 e. The van der Waals surface area contributed by atoms with Gasteiger partial charge >= 0.3 is 5.97 Å². The van der Waals surface area contributed by atoms with Gasteiger partial charge in [-0.15, -0.1) is 0 Å². The number of rotatable bonds is 9. The first kappa shape index (κ1) is 22.3. The lowest BCUT2D eigenvalue weighted by Gasteiger charge is -2.32. The molecule has 1 aliphatic rings. The number of aryl methyl sites for hydroxylation is 1. The number of carbonyl (C=O) groups is 4. The Bertz CT molecular complexity index is 1100. The van der Waals surface area contributed by atoms with E-state index in [1.807, 2.05) is 37.3 Å². The first-order valence-corrected chi connectivity index (χ1v) is 9.91. The quantitative estimate of drug-likeness (QED) is 0.271. The number of ketones is 2. The molecule has 1 aromatic heterocycles. The molecule has 3 rings (SSSR count). The molecule has 0 amide bonds. The van der Waals surface area contributed by atoms with E-state index < -0.39 is 35.2 Å². The summed E-state index contributed by atoms with van der Waals surface area (Å²) in [5.41, 5.74) is 12.5. The van der Waals surface area contributed by atoms with Crippen LogP contribution in [0.5, 0.6) is 0 Å². The standard InChI is InChI=1S/C23H25N3O5/c1-13-14-7-3-4-8-17(14)26-19(13)21(29)23(9-5-2-6-10-23)11-16(24)20(28)15(12-27)18(25)22(30)31/h2-9,12,15-16,18,26H,10-11,24-25H2,1H3,(H,30,31). The van der Waals surface area contributed by atoms with Gasteiger partial charge in [0.15, 0.2) is 11.6 Å². The molecule has 1 aliphatic carbocycles. The van der Waals surface area contributed by atoms with Gasteiger partial charge in [-0.25, -0.2) is 0 Å². The predicted octanol–water partition coefficient (Wildman–Crippen LogP) is 1.68. The van der Waals surface area contributed by atoms with Crippen molar-refractivity contribution in [2.75, 3.05) is 0 Å². The van der Waals surface area contributed by atoms with Gasteiger partial charge in [-0.2, -0.15) is 0 Å². The second-order valence-electron chi connectivity index (χ2n) is 7.89. The fourth-order valence-electron chi connectivity index (χ4n) is 4.06. The fraction of sp³-hybridized carbons (Fsp3) is 0.304. The number of aromatic amines is 1. The van der Waals surface area contributed by atoms with Crippen molar-refractivity contribution in [2.45, 2.75) is 31.8 Å². The van der Waals surface area contributed by atoms with Crippen LogP contribution in [0.3, 0.4) is 0 Å². The van der Waals surface area contributed by atoms with Gasteiger partial charge in [-0.1, -0.05) is 42.5 Å². The summed E-state index contributed by atoms with van der Waals surface area (Å²) >= 11 is 0. The zero-order valence-electron chi connectivity index (χ0n) is 17.1. The minimum atomic E-state index is -1.69. The van der Waals surface area contributed by atoms with Crippen LogP contribution in [0.4, 0.5) is 0 Å². The Balaban J connectivity index is 1.95. The Morgan fingerprint density at radius 1 is 1.23 bits per heavy atom. The average Bonchev–Trinajstić information content (AvgIpc) is 3.10. The second kappa shape index (κ2) is 8.79. The summed E-state index contributed by atoms with van der Waals surface area (Å²) in [6.45, 7) is 1.85. The molecule has 2 aromatic rings. The normalized spacial score (nSPS) is 20.9. The van der Waals surface area contributed by atoms with Crippen LogP contribution >= 0.6 is 0 Å². The van der Waals surface area contributed by atoms with Crippen molar-refractivity contribution in [1.29, 1.82) is 0 Å². The summed E-state index contributed by atoms with van der Waals surface area (Å²) in [5.74, 6) is -4.08. The number of Topliss-reactive ketones (excluding diaryl/α,β-unsaturated/α-hetero) is 2. The number of H-pyrrole nitrogens is 1. The molecule has 0 spiro atoms. The van der Waals surface area contributed by atoms with Crippen molar-refractivity contribution < 1.29 is 24.3 Å². The number of fused-ring (bicyclic) bond motifs is 1. The van der Waals surface area contributed by atoms with Crippen LogP contribution in [0.15, 0.2) is 48.6 Å². The number of aliphatic carboxylic acids is 1. The lowest BCUT2D eigenvalue weighted by Crippen LogP contribution is -2.50. The van der Waals surface area contributed by atoms with E-state index in [0.29, 0.717) is 12.1 Å².